The smallest absolute Gasteiger partial charge is 0.191 e. The summed E-state index contributed by atoms with van der Waals surface area (Å²) >= 11 is 2.03. The fourth-order valence-electron chi connectivity index (χ4n) is 2.25. The molecule has 0 saturated carbocycles. The molecule has 118 valence electrons. The molecule has 1 aliphatic rings. The monoisotopic (exact) mass is 423 g/mol. The first-order valence-electron chi connectivity index (χ1n) is 7.08. The molecule has 0 bridgehead atoms. The molecular formula is C15H23FIN3S. The minimum atomic E-state index is -0.178. The Morgan fingerprint density at radius 1 is 1.43 bits per heavy atom. The van der Waals surface area contributed by atoms with Crippen molar-refractivity contribution in [1.82, 2.24) is 10.6 Å². The molecule has 1 unspecified atom stereocenters. The van der Waals surface area contributed by atoms with Crippen molar-refractivity contribution in [1.29, 1.82) is 0 Å². The number of thioether (sulfide) groups is 1. The van der Waals surface area contributed by atoms with Gasteiger partial charge in [-0.25, -0.2) is 4.39 Å². The third-order valence-electron chi connectivity index (χ3n) is 3.34. The molecule has 0 radical (unpaired) electrons. The van der Waals surface area contributed by atoms with Gasteiger partial charge in [0.2, 0.25) is 0 Å². The Morgan fingerprint density at radius 2 is 2.29 bits per heavy atom. The maximum atomic E-state index is 13.1. The van der Waals surface area contributed by atoms with Crippen LogP contribution in [0.15, 0.2) is 29.3 Å². The van der Waals surface area contributed by atoms with E-state index in [2.05, 4.69) is 15.6 Å². The first kappa shape index (κ1) is 18.5. The molecule has 6 heteroatoms. The normalized spacial score (nSPS) is 18.2. The van der Waals surface area contributed by atoms with Crippen molar-refractivity contribution in [3.8, 4) is 0 Å². The van der Waals surface area contributed by atoms with Crippen molar-refractivity contribution < 1.29 is 4.39 Å². The highest BCUT2D eigenvalue weighted by atomic mass is 127. The van der Waals surface area contributed by atoms with Gasteiger partial charge in [0, 0.05) is 25.4 Å². The molecule has 0 spiro atoms. The van der Waals surface area contributed by atoms with E-state index in [1.54, 1.807) is 19.2 Å². The van der Waals surface area contributed by atoms with E-state index in [1.165, 1.54) is 24.7 Å². The molecule has 0 aromatic heterocycles. The molecule has 2 N–H and O–H groups in total. The maximum absolute atomic E-state index is 13.1. The zero-order valence-corrected chi connectivity index (χ0v) is 15.4. The van der Waals surface area contributed by atoms with Crippen LogP contribution in [-0.2, 0) is 6.42 Å². The Hall–Kier alpha value is -0.500. The van der Waals surface area contributed by atoms with Crippen LogP contribution >= 0.6 is 35.7 Å². The van der Waals surface area contributed by atoms with E-state index in [0.717, 1.165) is 31.0 Å². The standard InChI is InChI=1S/C15H22FN3S.HI/c1-17-15(19-11-14-6-3-9-20-14)18-8-7-12-4-2-5-13(16)10-12;/h2,4-5,10,14H,3,6-9,11H2,1H3,(H2,17,18,19);1H. The molecular weight excluding hydrogens is 400 g/mol. The fourth-order valence-corrected chi connectivity index (χ4v) is 3.46. The topological polar surface area (TPSA) is 36.4 Å². The van der Waals surface area contributed by atoms with Gasteiger partial charge in [-0.2, -0.15) is 11.8 Å². The SMILES string of the molecule is CN=C(NCCc1cccc(F)c1)NCC1CCCS1.I. The minimum Gasteiger partial charge on any atom is -0.356 e. The first-order chi connectivity index (χ1) is 9.78. The largest absolute Gasteiger partial charge is 0.356 e. The summed E-state index contributed by atoms with van der Waals surface area (Å²) < 4.78 is 13.1. The number of rotatable bonds is 5. The van der Waals surface area contributed by atoms with Gasteiger partial charge >= 0.3 is 0 Å². The van der Waals surface area contributed by atoms with Crippen molar-refractivity contribution in [2.45, 2.75) is 24.5 Å². The van der Waals surface area contributed by atoms with Gasteiger partial charge in [-0.05, 0) is 42.7 Å². The summed E-state index contributed by atoms with van der Waals surface area (Å²) in [6.07, 6.45) is 3.40. The molecule has 1 atom stereocenters. The average molecular weight is 423 g/mol. The predicted octanol–water partition coefficient (Wildman–Crippen LogP) is 3.05. The molecule has 0 aliphatic carbocycles. The van der Waals surface area contributed by atoms with Crippen LogP contribution in [0.2, 0.25) is 0 Å². The molecule has 1 aromatic rings. The van der Waals surface area contributed by atoms with Gasteiger partial charge in [0.05, 0.1) is 0 Å². The Morgan fingerprint density at radius 3 is 2.95 bits per heavy atom. The van der Waals surface area contributed by atoms with Gasteiger partial charge in [-0.3, -0.25) is 4.99 Å². The van der Waals surface area contributed by atoms with E-state index in [1.807, 2.05) is 17.8 Å². The number of hydrogen-bond donors (Lipinski definition) is 2. The van der Waals surface area contributed by atoms with Gasteiger partial charge < -0.3 is 10.6 Å². The highest BCUT2D eigenvalue weighted by Gasteiger charge is 2.15. The summed E-state index contributed by atoms with van der Waals surface area (Å²) in [5.41, 5.74) is 0.999. The van der Waals surface area contributed by atoms with Gasteiger partial charge in [0.1, 0.15) is 5.82 Å². The minimum absolute atomic E-state index is 0. The second-order valence-corrected chi connectivity index (χ2v) is 6.30. The zero-order valence-electron chi connectivity index (χ0n) is 12.3. The van der Waals surface area contributed by atoms with Crippen molar-refractivity contribution in [2.24, 2.45) is 4.99 Å². The first-order valence-corrected chi connectivity index (χ1v) is 8.13. The summed E-state index contributed by atoms with van der Waals surface area (Å²) in [5, 5.41) is 7.33. The van der Waals surface area contributed by atoms with Crippen LogP contribution in [0, 0.1) is 5.82 Å². The molecule has 1 heterocycles. The molecule has 0 amide bonds. The fraction of sp³-hybridized carbons (Fsp3) is 0.533. The number of benzene rings is 1. The predicted molar refractivity (Wildman–Crippen MR) is 100 cm³/mol. The van der Waals surface area contributed by atoms with E-state index in [-0.39, 0.29) is 29.8 Å². The van der Waals surface area contributed by atoms with Gasteiger partial charge in [-0.1, -0.05) is 12.1 Å². The third kappa shape index (κ3) is 6.86. The summed E-state index contributed by atoms with van der Waals surface area (Å²) in [6, 6.07) is 6.73. The third-order valence-corrected chi connectivity index (χ3v) is 4.74. The van der Waals surface area contributed by atoms with E-state index >= 15 is 0 Å². The highest BCUT2D eigenvalue weighted by Crippen LogP contribution is 2.25. The number of nitrogens with zero attached hydrogens (tertiary/aromatic N) is 1. The average Bonchev–Trinajstić information content (AvgIpc) is 2.96. The second kappa shape index (κ2) is 10.3. The Bertz CT molecular complexity index is 450. The summed E-state index contributed by atoms with van der Waals surface area (Å²) in [4.78, 5) is 4.21. The van der Waals surface area contributed by atoms with Crippen molar-refractivity contribution in [2.75, 3.05) is 25.9 Å². The molecule has 2 rings (SSSR count). The van der Waals surface area contributed by atoms with E-state index in [0.29, 0.717) is 5.25 Å². The molecule has 21 heavy (non-hydrogen) atoms. The number of nitrogens with one attached hydrogen (secondary N) is 2. The lowest BCUT2D eigenvalue weighted by atomic mass is 10.1. The lowest BCUT2D eigenvalue weighted by Crippen LogP contribution is -2.40. The van der Waals surface area contributed by atoms with Crippen molar-refractivity contribution in [3.05, 3.63) is 35.6 Å². The quantitative estimate of drug-likeness (QED) is 0.434. The van der Waals surface area contributed by atoms with Gasteiger partial charge in [0.25, 0.3) is 0 Å². The number of hydrogen-bond acceptors (Lipinski definition) is 2. The van der Waals surface area contributed by atoms with Crippen molar-refractivity contribution in [3.63, 3.8) is 0 Å². The van der Waals surface area contributed by atoms with Crippen LogP contribution in [0.3, 0.4) is 0 Å². The maximum Gasteiger partial charge on any atom is 0.191 e. The van der Waals surface area contributed by atoms with Crippen LogP contribution in [0.4, 0.5) is 4.39 Å². The highest BCUT2D eigenvalue weighted by molar-refractivity contribution is 14.0. The van der Waals surface area contributed by atoms with Crippen LogP contribution in [0.25, 0.3) is 0 Å². The molecule has 3 nitrogen and oxygen atoms in total. The van der Waals surface area contributed by atoms with Crippen LogP contribution in [-0.4, -0.2) is 37.1 Å². The zero-order chi connectivity index (χ0) is 14.2. The molecule has 1 aliphatic heterocycles. The Balaban J connectivity index is 0.00000220. The second-order valence-electron chi connectivity index (χ2n) is 4.89. The number of halogens is 2. The molecule has 1 fully saturated rings. The van der Waals surface area contributed by atoms with Gasteiger partial charge in [-0.15, -0.1) is 24.0 Å². The van der Waals surface area contributed by atoms with Gasteiger partial charge in [0.15, 0.2) is 5.96 Å². The molecule has 1 aromatic carbocycles. The van der Waals surface area contributed by atoms with Crippen LogP contribution in [0.5, 0.6) is 0 Å². The summed E-state index contributed by atoms with van der Waals surface area (Å²) in [7, 11) is 1.78. The number of guanidine groups is 1. The van der Waals surface area contributed by atoms with Crippen LogP contribution < -0.4 is 10.6 Å². The van der Waals surface area contributed by atoms with E-state index in [9.17, 15) is 4.39 Å². The summed E-state index contributed by atoms with van der Waals surface area (Å²) in [5.74, 6) is 1.93. The number of aliphatic imine (C=N–C) groups is 1. The summed E-state index contributed by atoms with van der Waals surface area (Å²) in [6.45, 7) is 1.71. The lowest BCUT2D eigenvalue weighted by Gasteiger charge is -2.14. The molecule has 1 saturated heterocycles. The lowest BCUT2D eigenvalue weighted by molar-refractivity contribution is 0.625. The van der Waals surface area contributed by atoms with Crippen LogP contribution in [0.1, 0.15) is 18.4 Å². The van der Waals surface area contributed by atoms with E-state index < -0.39 is 0 Å². The Kier molecular flexibility index (Phi) is 9.07. The van der Waals surface area contributed by atoms with E-state index in [4.69, 9.17) is 0 Å². The van der Waals surface area contributed by atoms with Crippen molar-refractivity contribution >= 4 is 41.7 Å². The Labute approximate surface area is 147 Å².